The minimum atomic E-state index is -4.05. The van der Waals surface area contributed by atoms with E-state index in [9.17, 15) is 23.6 Å². The highest BCUT2D eigenvalue weighted by Crippen LogP contribution is 2.65. The number of halogens is 2. The van der Waals surface area contributed by atoms with Gasteiger partial charge in [-0.1, -0.05) is 13.3 Å². The van der Waals surface area contributed by atoms with Gasteiger partial charge >= 0.3 is 17.2 Å². The highest BCUT2D eigenvalue weighted by Gasteiger charge is 2.61. The summed E-state index contributed by atoms with van der Waals surface area (Å²) in [6, 6.07) is 0. The van der Waals surface area contributed by atoms with E-state index in [1.807, 2.05) is 0 Å². The van der Waals surface area contributed by atoms with Crippen LogP contribution in [0.3, 0.4) is 0 Å². The zero-order chi connectivity index (χ0) is 26.0. The van der Waals surface area contributed by atoms with Crippen molar-refractivity contribution in [2.75, 3.05) is 6.61 Å². The SMILES string of the molecule is CCC1CC2C3CC(CC(=O)OC45CC6CC(CC(COC(=O)C(F)(F)SOO[O-])(C6)C4)C5)C(C3)C2C1. The summed E-state index contributed by atoms with van der Waals surface area (Å²) in [4.78, 5) is 25.3. The average Bonchev–Trinajstić information content (AvgIpc) is 3.51. The largest absolute Gasteiger partial charge is 0.691 e. The third-order valence-electron chi connectivity index (χ3n) is 11.1. The van der Waals surface area contributed by atoms with E-state index >= 15 is 0 Å². The topological polar surface area (TPSA) is 94.1 Å². The second kappa shape index (κ2) is 9.59. The first kappa shape index (κ1) is 26.3. The lowest BCUT2D eigenvalue weighted by molar-refractivity contribution is -0.777. The Morgan fingerprint density at radius 1 is 1.00 bits per heavy atom. The minimum absolute atomic E-state index is 0.106. The number of fused-ring (bicyclic) bond motifs is 5. The number of esters is 2. The number of carbonyl (C=O) groups excluding carboxylic acids is 2. The summed E-state index contributed by atoms with van der Waals surface area (Å²) < 4.78 is 42.7. The van der Waals surface area contributed by atoms with E-state index in [-0.39, 0.29) is 12.6 Å². The van der Waals surface area contributed by atoms with Crippen LogP contribution in [0.2, 0.25) is 0 Å². The van der Waals surface area contributed by atoms with E-state index < -0.39 is 34.3 Å². The lowest BCUT2D eigenvalue weighted by Crippen LogP contribution is -2.59. The fourth-order valence-corrected chi connectivity index (χ4v) is 10.7. The van der Waals surface area contributed by atoms with Gasteiger partial charge in [-0.25, -0.2) is 4.79 Å². The zero-order valence-corrected chi connectivity index (χ0v) is 22.1. The van der Waals surface area contributed by atoms with Crippen LogP contribution in [0.1, 0.15) is 84.0 Å². The van der Waals surface area contributed by atoms with Gasteiger partial charge in [0.25, 0.3) is 0 Å². The molecule has 0 amide bonds. The van der Waals surface area contributed by atoms with Gasteiger partial charge in [-0.2, -0.15) is 13.1 Å². The van der Waals surface area contributed by atoms with Gasteiger partial charge < -0.3 is 14.7 Å². The molecule has 7 nitrogen and oxygen atoms in total. The fourth-order valence-electron chi connectivity index (χ4n) is 10.4. The Hall–Kier alpha value is -0.970. The Balaban J connectivity index is 1.07. The maximum Gasteiger partial charge on any atom is 0.415 e. The quantitative estimate of drug-likeness (QED) is 0.165. The van der Waals surface area contributed by atoms with E-state index in [1.165, 1.54) is 25.7 Å². The molecule has 0 aromatic heterocycles. The van der Waals surface area contributed by atoms with Crippen molar-refractivity contribution in [3.05, 3.63) is 0 Å². The molecular weight excluding hydrogens is 506 g/mol. The van der Waals surface area contributed by atoms with Crippen LogP contribution in [0.25, 0.3) is 0 Å². The van der Waals surface area contributed by atoms with Crippen molar-refractivity contribution >= 4 is 24.0 Å². The second-order valence-corrected chi connectivity index (χ2v) is 14.2. The van der Waals surface area contributed by atoms with Gasteiger partial charge in [0.15, 0.2) is 0 Å². The number of rotatable bonds is 10. The molecule has 7 aliphatic carbocycles. The van der Waals surface area contributed by atoms with Crippen molar-refractivity contribution in [2.24, 2.45) is 52.8 Å². The minimum Gasteiger partial charge on any atom is -0.691 e. The molecule has 7 saturated carbocycles. The zero-order valence-electron chi connectivity index (χ0n) is 21.3. The molecule has 8 atom stereocenters. The first-order valence-electron chi connectivity index (χ1n) is 14.0. The van der Waals surface area contributed by atoms with Crippen molar-refractivity contribution < 1.29 is 42.5 Å². The van der Waals surface area contributed by atoms with Crippen molar-refractivity contribution in [3.8, 4) is 0 Å². The first-order valence-corrected chi connectivity index (χ1v) is 14.8. The molecule has 0 aromatic rings. The lowest BCUT2D eigenvalue weighted by Gasteiger charge is -2.60. The Labute approximate surface area is 220 Å². The van der Waals surface area contributed by atoms with Crippen LogP contribution in [-0.2, 0) is 28.4 Å². The standard InChI is InChI=1S/C27H38F2O7S/c1-2-15-4-20-18-6-19(21(7-18)22(20)5-15)8-23(30)34-26-11-16-3-17(12-26)10-25(9-16,13-26)14-33-24(31)27(28,29)37-36-35-32/h15-22,32H,2-14H2,1H3/p-1. The molecular formula is C27H37F2O7S-. The summed E-state index contributed by atoms with van der Waals surface area (Å²) >= 11 is -0.674. The molecule has 0 aliphatic heterocycles. The smallest absolute Gasteiger partial charge is 0.415 e. The van der Waals surface area contributed by atoms with Gasteiger partial charge in [-0.15, -0.1) is 0 Å². The van der Waals surface area contributed by atoms with Crippen LogP contribution < -0.4 is 5.26 Å². The van der Waals surface area contributed by atoms with Gasteiger partial charge in [-0.3, -0.25) is 9.83 Å². The third-order valence-corrected chi connectivity index (χ3v) is 11.6. The predicted octanol–water partition coefficient (Wildman–Crippen LogP) is 4.97. The van der Waals surface area contributed by atoms with E-state index in [1.54, 1.807) is 0 Å². The first-order chi connectivity index (χ1) is 17.6. The fraction of sp³-hybridized carbons (Fsp3) is 0.926. The van der Waals surface area contributed by atoms with E-state index in [2.05, 4.69) is 16.3 Å². The van der Waals surface area contributed by atoms with Crippen LogP contribution >= 0.6 is 12.0 Å². The van der Waals surface area contributed by atoms with Crippen molar-refractivity contribution in [1.29, 1.82) is 0 Å². The van der Waals surface area contributed by atoms with Crippen molar-refractivity contribution in [3.63, 3.8) is 0 Å². The monoisotopic (exact) mass is 543 g/mol. The maximum atomic E-state index is 13.9. The van der Waals surface area contributed by atoms with Gasteiger partial charge in [0.2, 0.25) is 0 Å². The second-order valence-electron chi connectivity index (χ2n) is 13.4. The van der Waals surface area contributed by atoms with Crippen LogP contribution in [0.5, 0.6) is 0 Å². The molecule has 7 fully saturated rings. The Morgan fingerprint density at radius 2 is 1.73 bits per heavy atom. The molecule has 6 bridgehead atoms. The molecule has 7 rings (SSSR count). The van der Waals surface area contributed by atoms with Crippen LogP contribution in [-0.4, -0.2) is 29.4 Å². The number of hydrogen-bond donors (Lipinski definition) is 0. The van der Waals surface area contributed by atoms with Crippen molar-refractivity contribution in [1.82, 2.24) is 0 Å². The molecule has 7 aliphatic rings. The summed E-state index contributed by atoms with van der Waals surface area (Å²) in [5, 5.41) is 8.74. The van der Waals surface area contributed by atoms with Crippen LogP contribution in [0.15, 0.2) is 0 Å². The van der Waals surface area contributed by atoms with Gasteiger partial charge in [-0.05, 0) is 112 Å². The third kappa shape index (κ3) is 4.82. The number of carbonyl (C=O) groups is 2. The molecule has 0 spiro atoms. The lowest BCUT2D eigenvalue weighted by atomic mass is 9.48. The predicted molar refractivity (Wildman–Crippen MR) is 126 cm³/mol. The van der Waals surface area contributed by atoms with Crippen LogP contribution in [0.4, 0.5) is 8.78 Å². The summed E-state index contributed by atoms with van der Waals surface area (Å²) in [7, 11) is 0. The molecule has 0 heterocycles. The molecule has 0 aromatic carbocycles. The summed E-state index contributed by atoms with van der Waals surface area (Å²) in [6.07, 6.45) is 11.7. The van der Waals surface area contributed by atoms with E-state index in [4.69, 9.17) is 9.47 Å². The molecule has 0 saturated heterocycles. The van der Waals surface area contributed by atoms with Crippen LogP contribution in [0, 0.1) is 52.8 Å². The van der Waals surface area contributed by atoms with Gasteiger partial charge in [0.05, 0.1) is 6.61 Å². The van der Waals surface area contributed by atoms with Gasteiger partial charge in [0.1, 0.15) is 17.6 Å². The maximum absolute atomic E-state index is 13.9. The summed E-state index contributed by atoms with van der Waals surface area (Å²) in [5.41, 5.74) is -1.04. The Bertz CT molecular complexity index is 901. The van der Waals surface area contributed by atoms with E-state index in [0.29, 0.717) is 36.5 Å². The highest BCUT2D eigenvalue weighted by atomic mass is 32.2. The molecule has 37 heavy (non-hydrogen) atoms. The average molecular weight is 544 g/mol. The molecule has 10 heteroatoms. The highest BCUT2D eigenvalue weighted by molar-refractivity contribution is 7.96. The number of ether oxygens (including phenoxy) is 2. The normalized spacial score (nSPS) is 45.3. The summed E-state index contributed by atoms with van der Waals surface area (Å²) in [6.45, 7) is 2.14. The molecule has 208 valence electrons. The molecule has 8 unspecified atom stereocenters. The summed E-state index contributed by atoms with van der Waals surface area (Å²) in [5.74, 6) is 3.21. The van der Waals surface area contributed by atoms with Gasteiger partial charge in [0, 0.05) is 11.8 Å². The number of hydrogen-bond acceptors (Lipinski definition) is 8. The molecule has 0 radical (unpaired) electrons. The Kier molecular flexibility index (Phi) is 6.81. The Morgan fingerprint density at radius 3 is 2.43 bits per heavy atom. The number of alkyl halides is 2. The van der Waals surface area contributed by atoms with Crippen molar-refractivity contribution in [2.45, 2.75) is 94.8 Å². The molecule has 0 N–H and O–H groups in total. The van der Waals surface area contributed by atoms with E-state index in [0.717, 1.165) is 62.2 Å².